The van der Waals surface area contributed by atoms with Crippen LogP contribution in [0.15, 0.2) is 0 Å². The highest BCUT2D eigenvalue weighted by atomic mass is 16.4. The van der Waals surface area contributed by atoms with Crippen LogP contribution in [0.3, 0.4) is 0 Å². The molecule has 0 unspecified atom stereocenters. The lowest BCUT2D eigenvalue weighted by Gasteiger charge is -2.23. The van der Waals surface area contributed by atoms with Crippen LogP contribution >= 0.6 is 0 Å². The summed E-state index contributed by atoms with van der Waals surface area (Å²) < 4.78 is 0. The summed E-state index contributed by atoms with van der Waals surface area (Å²) in [6.45, 7) is 3.91. The lowest BCUT2D eigenvalue weighted by Crippen LogP contribution is -2.41. The molecule has 1 rings (SSSR count). The van der Waals surface area contributed by atoms with Crippen LogP contribution in [0.1, 0.15) is 65.2 Å². The van der Waals surface area contributed by atoms with Gasteiger partial charge in [-0.1, -0.05) is 46.0 Å². The van der Waals surface area contributed by atoms with Gasteiger partial charge in [0.25, 0.3) is 0 Å². The normalized spacial score (nSPS) is 18.3. The third-order valence-corrected chi connectivity index (χ3v) is 3.82. The number of rotatable bonds is 7. The molecule has 0 aromatic heterocycles. The first kappa shape index (κ1) is 16.0. The first-order chi connectivity index (χ1) is 8.99. The van der Waals surface area contributed by atoms with Gasteiger partial charge in [0.15, 0.2) is 0 Å². The molecule has 0 aromatic carbocycles. The number of carbonyl (C=O) groups excluding carboxylic acids is 1. The van der Waals surface area contributed by atoms with E-state index in [1.165, 1.54) is 32.1 Å². The van der Waals surface area contributed by atoms with Crippen molar-refractivity contribution in [3.63, 3.8) is 0 Å². The fourth-order valence-electron chi connectivity index (χ4n) is 2.76. The molecule has 0 radical (unpaired) electrons. The van der Waals surface area contributed by atoms with Gasteiger partial charge < -0.3 is 10.4 Å². The van der Waals surface area contributed by atoms with Gasteiger partial charge in [-0.3, -0.25) is 4.79 Å². The van der Waals surface area contributed by atoms with Crippen molar-refractivity contribution in [2.45, 2.75) is 71.3 Å². The van der Waals surface area contributed by atoms with Gasteiger partial charge in [-0.2, -0.15) is 0 Å². The molecule has 4 nitrogen and oxygen atoms in total. The van der Waals surface area contributed by atoms with E-state index in [9.17, 15) is 14.7 Å². The van der Waals surface area contributed by atoms with E-state index in [1.807, 2.05) is 13.8 Å². The van der Waals surface area contributed by atoms with Crippen molar-refractivity contribution in [1.29, 1.82) is 0 Å². The van der Waals surface area contributed by atoms with Gasteiger partial charge in [0.1, 0.15) is 6.04 Å². The number of hydrogen-bond acceptors (Lipinski definition) is 2. The number of aliphatic carboxylic acids is 1. The van der Waals surface area contributed by atoms with E-state index in [0.29, 0.717) is 18.8 Å². The largest absolute Gasteiger partial charge is 0.480 e. The number of nitrogens with one attached hydrogen (secondary N) is 1. The Balaban J connectivity index is 2.35. The zero-order valence-electron chi connectivity index (χ0n) is 12.2. The Bertz CT molecular complexity index is 296. The second kappa shape index (κ2) is 8.18. The maximum absolute atomic E-state index is 11.6. The minimum atomic E-state index is -0.909. The Hall–Kier alpha value is -1.06. The SMILES string of the molecule is CC(C)CC(=O)N[C@@H](CCC1CCCCC1)C(=O)O. The van der Waals surface area contributed by atoms with E-state index < -0.39 is 12.0 Å². The summed E-state index contributed by atoms with van der Waals surface area (Å²) in [4.78, 5) is 22.8. The van der Waals surface area contributed by atoms with Crippen LogP contribution in [0.5, 0.6) is 0 Å². The van der Waals surface area contributed by atoms with Crippen molar-refractivity contribution in [1.82, 2.24) is 5.32 Å². The van der Waals surface area contributed by atoms with Gasteiger partial charge >= 0.3 is 5.97 Å². The lowest BCUT2D eigenvalue weighted by atomic mass is 9.85. The van der Waals surface area contributed by atoms with E-state index >= 15 is 0 Å². The Morgan fingerprint density at radius 3 is 2.37 bits per heavy atom. The molecule has 1 atom stereocenters. The summed E-state index contributed by atoms with van der Waals surface area (Å²) in [5.74, 6) is -0.149. The summed E-state index contributed by atoms with van der Waals surface area (Å²) in [5.41, 5.74) is 0. The van der Waals surface area contributed by atoms with Crippen LogP contribution < -0.4 is 5.32 Å². The fourth-order valence-corrected chi connectivity index (χ4v) is 2.76. The van der Waals surface area contributed by atoms with E-state index in [1.54, 1.807) is 0 Å². The summed E-state index contributed by atoms with van der Waals surface area (Å²) in [5, 5.41) is 11.8. The van der Waals surface area contributed by atoms with Crippen molar-refractivity contribution >= 4 is 11.9 Å². The third-order valence-electron chi connectivity index (χ3n) is 3.82. The highest BCUT2D eigenvalue weighted by Crippen LogP contribution is 2.27. The summed E-state index contributed by atoms with van der Waals surface area (Å²) in [7, 11) is 0. The molecule has 0 spiro atoms. The van der Waals surface area contributed by atoms with E-state index in [-0.39, 0.29) is 11.8 Å². The van der Waals surface area contributed by atoms with Gasteiger partial charge in [-0.25, -0.2) is 4.79 Å². The average Bonchev–Trinajstić information content (AvgIpc) is 2.34. The van der Waals surface area contributed by atoms with Gasteiger partial charge in [-0.05, 0) is 24.7 Å². The van der Waals surface area contributed by atoms with Crippen LogP contribution in [-0.2, 0) is 9.59 Å². The first-order valence-electron chi connectivity index (χ1n) is 7.51. The number of hydrogen-bond donors (Lipinski definition) is 2. The molecule has 1 saturated carbocycles. The monoisotopic (exact) mass is 269 g/mol. The molecule has 2 N–H and O–H groups in total. The third kappa shape index (κ3) is 6.60. The van der Waals surface area contributed by atoms with Crippen molar-refractivity contribution < 1.29 is 14.7 Å². The van der Waals surface area contributed by atoms with Gasteiger partial charge in [0.2, 0.25) is 5.91 Å². The maximum Gasteiger partial charge on any atom is 0.326 e. The molecule has 0 saturated heterocycles. The van der Waals surface area contributed by atoms with E-state index in [0.717, 1.165) is 6.42 Å². The van der Waals surface area contributed by atoms with Crippen molar-refractivity contribution in [3.8, 4) is 0 Å². The molecule has 0 aliphatic heterocycles. The molecule has 110 valence electrons. The topological polar surface area (TPSA) is 66.4 Å². The zero-order chi connectivity index (χ0) is 14.3. The van der Waals surface area contributed by atoms with Crippen molar-refractivity contribution in [3.05, 3.63) is 0 Å². The Labute approximate surface area is 116 Å². The van der Waals surface area contributed by atoms with E-state index in [4.69, 9.17) is 0 Å². The predicted molar refractivity (Wildman–Crippen MR) is 74.8 cm³/mol. The highest BCUT2D eigenvalue weighted by Gasteiger charge is 2.22. The zero-order valence-corrected chi connectivity index (χ0v) is 12.2. The summed E-state index contributed by atoms with van der Waals surface area (Å²) in [6, 6.07) is -0.715. The number of carboxylic acids is 1. The molecule has 1 amide bonds. The van der Waals surface area contributed by atoms with Gasteiger partial charge in [-0.15, -0.1) is 0 Å². The molecule has 4 heteroatoms. The molecule has 1 aliphatic carbocycles. The van der Waals surface area contributed by atoms with Crippen LogP contribution in [0.2, 0.25) is 0 Å². The molecule has 1 aliphatic rings. The molecule has 0 heterocycles. The lowest BCUT2D eigenvalue weighted by molar-refractivity contribution is -0.142. The Morgan fingerprint density at radius 2 is 1.84 bits per heavy atom. The number of carboxylic acid groups (broad SMARTS) is 1. The highest BCUT2D eigenvalue weighted by molar-refractivity contribution is 5.83. The molecule has 0 aromatic rings. The quantitative estimate of drug-likeness (QED) is 0.746. The average molecular weight is 269 g/mol. The number of amides is 1. The van der Waals surface area contributed by atoms with Crippen LogP contribution in [0, 0.1) is 11.8 Å². The van der Waals surface area contributed by atoms with Crippen molar-refractivity contribution in [2.75, 3.05) is 0 Å². The fraction of sp³-hybridized carbons (Fsp3) is 0.867. The first-order valence-corrected chi connectivity index (χ1v) is 7.51. The molecule has 0 bridgehead atoms. The minimum Gasteiger partial charge on any atom is -0.480 e. The molecule has 19 heavy (non-hydrogen) atoms. The summed E-state index contributed by atoms with van der Waals surface area (Å²) in [6.07, 6.45) is 8.14. The van der Waals surface area contributed by atoms with Crippen LogP contribution in [0.25, 0.3) is 0 Å². The van der Waals surface area contributed by atoms with Crippen LogP contribution in [-0.4, -0.2) is 23.0 Å². The second-order valence-corrected chi connectivity index (χ2v) is 6.14. The second-order valence-electron chi connectivity index (χ2n) is 6.14. The van der Waals surface area contributed by atoms with Crippen molar-refractivity contribution in [2.24, 2.45) is 11.8 Å². The molecule has 1 fully saturated rings. The number of carbonyl (C=O) groups is 2. The Kier molecular flexibility index (Phi) is 6.89. The standard InChI is InChI=1S/C15H27NO3/c1-11(2)10-14(17)16-13(15(18)19)9-8-12-6-4-3-5-7-12/h11-13H,3-10H2,1-2H3,(H,16,17)(H,18,19)/t13-/m0/s1. The predicted octanol–water partition coefficient (Wildman–Crippen LogP) is 2.96. The summed E-state index contributed by atoms with van der Waals surface area (Å²) >= 11 is 0. The molecular formula is C15H27NO3. The van der Waals surface area contributed by atoms with E-state index in [2.05, 4.69) is 5.32 Å². The van der Waals surface area contributed by atoms with Gasteiger partial charge in [0.05, 0.1) is 0 Å². The Morgan fingerprint density at radius 1 is 1.21 bits per heavy atom. The smallest absolute Gasteiger partial charge is 0.326 e. The molecular weight excluding hydrogens is 242 g/mol. The van der Waals surface area contributed by atoms with Crippen LogP contribution in [0.4, 0.5) is 0 Å². The minimum absolute atomic E-state index is 0.147. The maximum atomic E-state index is 11.6. The van der Waals surface area contributed by atoms with Gasteiger partial charge in [0, 0.05) is 6.42 Å².